The number of aromatic nitrogens is 2. The minimum atomic E-state index is -0.0886. The maximum absolute atomic E-state index is 12.3. The van der Waals surface area contributed by atoms with Gasteiger partial charge in [-0.1, -0.05) is 30.9 Å². The quantitative estimate of drug-likeness (QED) is 0.917. The zero-order valence-corrected chi connectivity index (χ0v) is 11.8. The Labute approximate surface area is 113 Å². The molecule has 1 aromatic rings. The number of halogens is 1. The van der Waals surface area contributed by atoms with E-state index in [1.54, 1.807) is 4.68 Å². The molecule has 1 aromatic heterocycles. The van der Waals surface area contributed by atoms with Crippen molar-refractivity contribution in [2.45, 2.75) is 58.5 Å². The van der Waals surface area contributed by atoms with Crippen LogP contribution in [0.15, 0.2) is 0 Å². The lowest BCUT2D eigenvalue weighted by Crippen LogP contribution is -2.37. The molecule has 0 aromatic carbocycles. The number of hydrogen-bond donors (Lipinski definition) is 1. The first-order valence-electron chi connectivity index (χ1n) is 6.67. The lowest BCUT2D eigenvalue weighted by atomic mass is 9.95. The monoisotopic (exact) mass is 269 g/mol. The molecule has 100 valence electrons. The molecule has 1 aliphatic rings. The van der Waals surface area contributed by atoms with Gasteiger partial charge in [-0.05, 0) is 26.7 Å². The number of nitrogens with one attached hydrogen (secondary N) is 1. The van der Waals surface area contributed by atoms with Gasteiger partial charge in [0.2, 0.25) is 0 Å². The Morgan fingerprint density at radius 2 is 2.11 bits per heavy atom. The van der Waals surface area contributed by atoms with Crippen molar-refractivity contribution in [1.29, 1.82) is 0 Å². The normalized spacial score (nSPS) is 16.8. The van der Waals surface area contributed by atoms with Crippen LogP contribution in [0.25, 0.3) is 0 Å². The summed E-state index contributed by atoms with van der Waals surface area (Å²) >= 11 is 6.16. The molecule has 0 unspecified atom stereocenters. The summed E-state index contributed by atoms with van der Waals surface area (Å²) in [7, 11) is 0. The Balaban J connectivity index is 2.12. The summed E-state index contributed by atoms with van der Waals surface area (Å²) in [5, 5.41) is 7.82. The van der Waals surface area contributed by atoms with E-state index >= 15 is 0 Å². The van der Waals surface area contributed by atoms with Crippen molar-refractivity contribution in [2.24, 2.45) is 0 Å². The minimum absolute atomic E-state index is 0.0886. The van der Waals surface area contributed by atoms with Crippen LogP contribution in [0.1, 0.15) is 55.2 Å². The molecule has 0 aliphatic heterocycles. The molecule has 0 radical (unpaired) electrons. The van der Waals surface area contributed by atoms with Crippen molar-refractivity contribution in [3.05, 3.63) is 16.4 Å². The Morgan fingerprint density at radius 1 is 1.44 bits per heavy atom. The molecule has 1 heterocycles. The molecule has 0 spiro atoms. The van der Waals surface area contributed by atoms with Gasteiger partial charge in [0.1, 0.15) is 5.69 Å². The first-order valence-corrected chi connectivity index (χ1v) is 7.05. The second-order valence-corrected chi connectivity index (χ2v) is 5.25. The van der Waals surface area contributed by atoms with Gasteiger partial charge in [0.25, 0.3) is 5.91 Å². The highest BCUT2D eigenvalue weighted by Gasteiger charge is 2.23. The third kappa shape index (κ3) is 2.69. The average Bonchev–Trinajstić information content (AvgIpc) is 2.66. The maximum atomic E-state index is 12.3. The minimum Gasteiger partial charge on any atom is -0.348 e. The largest absolute Gasteiger partial charge is 0.348 e. The molecule has 0 atom stereocenters. The van der Waals surface area contributed by atoms with E-state index < -0.39 is 0 Å². The molecule has 18 heavy (non-hydrogen) atoms. The number of aryl methyl sites for hydroxylation is 2. The SMILES string of the molecule is CCn1nc(C)c(Cl)c1C(=O)NC1CCCCC1. The van der Waals surface area contributed by atoms with Crippen LogP contribution in [-0.2, 0) is 6.54 Å². The van der Waals surface area contributed by atoms with E-state index in [0.717, 1.165) is 12.8 Å². The van der Waals surface area contributed by atoms with Gasteiger partial charge in [0.15, 0.2) is 0 Å². The van der Waals surface area contributed by atoms with E-state index in [-0.39, 0.29) is 5.91 Å². The predicted molar refractivity (Wildman–Crippen MR) is 72.0 cm³/mol. The molecule has 1 N–H and O–H groups in total. The fourth-order valence-electron chi connectivity index (χ4n) is 2.51. The van der Waals surface area contributed by atoms with Gasteiger partial charge >= 0.3 is 0 Å². The van der Waals surface area contributed by atoms with Crippen molar-refractivity contribution < 1.29 is 4.79 Å². The first kappa shape index (κ1) is 13.4. The van der Waals surface area contributed by atoms with Crippen molar-refractivity contribution in [1.82, 2.24) is 15.1 Å². The Bertz CT molecular complexity index is 436. The van der Waals surface area contributed by atoms with Crippen LogP contribution in [0.5, 0.6) is 0 Å². The summed E-state index contributed by atoms with van der Waals surface area (Å²) in [6.07, 6.45) is 5.82. The Morgan fingerprint density at radius 3 is 2.72 bits per heavy atom. The lowest BCUT2D eigenvalue weighted by Gasteiger charge is -2.22. The first-order chi connectivity index (χ1) is 8.63. The lowest BCUT2D eigenvalue weighted by molar-refractivity contribution is 0.0917. The summed E-state index contributed by atoms with van der Waals surface area (Å²) < 4.78 is 1.68. The molecule has 2 rings (SSSR count). The van der Waals surface area contributed by atoms with Crippen LogP contribution in [-0.4, -0.2) is 21.7 Å². The molecule has 4 nitrogen and oxygen atoms in total. The van der Waals surface area contributed by atoms with Gasteiger partial charge in [0, 0.05) is 12.6 Å². The number of carbonyl (C=O) groups is 1. The summed E-state index contributed by atoms with van der Waals surface area (Å²) in [5.74, 6) is -0.0886. The van der Waals surface area contributed by atoms with E-state index in [4.69, 9.17) is 11.6 Å². The highest BCUT2D eigenvalue weighted by atomic mass is 35.5. The Hall–Kier alpha value is -1.03. The van der Waals surface area contributed by atoms with Crippen LogP contribution < -0.4 is 5.32 Å². The number of nitrogens with zero attached hydrogens (tertiary/aromatic N) is 2. The van der Waals surface area contributed by atoms with Gasteiger partial charge < -0.3 is 5.32 Å². The zero-order chi connectivity index (χ0) is 13.1. The summed E-state index contributed by atoms with van der Waals surface area (Å²) in [6, 6.07) is 0.294. The van der Waals surface area contributed by atoms with Crippen molar-refractivity contribution in [3.8, 4) is 0 Å². The van der Waals surface area contributed by atoms with Crippen molar-refractivity contribution in [2.75, 3.05) is 0 Å². The van der Waals surface area contributed by atoms with Crippen LogP contribution in [0.2, 0.25) is 5.02 Å². The fraction of sp³-hybridized carbons (Fsp3) is 0.692. The number of rotatable bonds is 3. The smallest absolute Gasteiger partial charge is 0.271 e. The molecule has 1 fully saturated rings. The number of amides is 1. The standard InChI is InChI=1S/C13H20ClN3O/c1-3-17-12(11(14)9(2)16-17)13(18)15-10-7-5-4-6-8-10/h10H,3-8H2,1-2H3,(H,15,18). The molecule has 0 bridgehead atoms. The average molecular weight is 270 g/mol. The summed E-state index contributed by atoms with van der Waals surface area (Å²) in [5.41, 5.74) is 1.22. The second kappa shape index (κ2) is 5.74. The molecular formula is C13H20ClN3O. The van der Waals surface area contributed by atoms with E-state index in [2.05, 4.69) is 10.4 Å². The van der Waals surface area contributed by atoms with Gasteiger partial charge in [-0.3, -0.25) is 9.48 Å². The molecule has 1 amide bonds. The van der Waals surface area contributed by atoms with E-state index in [1.807, 2.05) is 13.8 Å². The van der Waals surface area contributed by atoms with Crippen LogP contribution in [0.4, 0.5) is 0 Å². The molecule has 0 saturated heterocycles. The molecular weight excluding hydrogens is 250 g/mol. The maximum Gasteiger partial charge on any atom is 0.271 e. The summed E-state index contributed by atoms with van der Waals surface area (Å²) in [4.78, 5) is 12.3. The van der Waals surface area contributed by atoms with Crippen LogP contribution >= 0.6 is 11.6 Å². The number of hydrogen-bond acceptors (Lipinski definition) is 2. The van der Waals surface area contributed by atoms with Crippen LogP contribution in [0, 0.1) is 6.92 Å². The molecule has 5 heteroatoms. The third-order valence-corrected chi connectivity index (χ3v) is 3.96. The third-order valence-electron chi connectivity index (χ3n) is 3.51. The van der Waals surface area contributed by atoms with Crippen molar-refractivity contribution in [3.63, 3.8) is 0 Å². The summed E-state index contributed by atoms with van der Waals surface area (Å²) in [6.45, 7) is 4.44. The van der Waals surface area contributed by atoms with Crippen LogP contribution in [0.3, 0.4) is 0 Å². The van der Waals surface area contributed by atoms with Gasteiger partial charge in [0.05, 0.1) is 10.7 Å². The highest BCUT2D eigenvalue weighted by Crippen LogP contribution is 2.22. The molecule has 1 saturated carbocycles. The topological polar surface area (TPSA) is 46.9 Å². The van der Waals surface area contributed by atoms with Gasteiger partial charge in [-0.15, -0.1) is 0 Å². The highest BCUT2D eigenvalue weighted by molar-refractivity contribution is 6.34. The van der Waals surface area contributed by atoms with E-state index in [1.165, 1.54) is 19.3 Å². The zero-order valence-electron chi connectivity index (χ0n) is 11.0. The molecule has 1 aliphatic carbocycles. The van der Waals surface area contributed by atoms with Gasteiger partial charge in [-0.25, -0.2) is 0 Å². The number of carbonyl (C=O) groups excluding carboxylic acids is 1. The van der Waals surface area contributed by atoms with Crippen molar-refractivity contribution >= 4 is 17.5 Å². The second-order valence-electron chi connectivity index (χ2n) is 4.87. The predicted octanol–water partition coefficient (Wildman–Crippen LogP) is 2.93. The van der Waals surface area contributed by atoms with E-state index in [0.29, 0.717) is 29.0 Å². The van der Waals surface area contributed by atoms with Gasteiger partial charge in [-0.2, -0.15) is 5.10 Å². The van der Waals surface area contributed by atoms with E-state index in [9.17, 15) is 4.79 Å². The Kier molecular flexibility index (Phi) is 4.27. The fourth-order valence-corrected chi connectivity index (χ4v) is 2.73.